The summed E-state index contributed by atoms with van der Waals surface area (Å²) in [6.45, 7) is 1.26. The van der Waals surface area contributed by atoms with Gasteiger partial charge >= 0.3 is 0 Å². The molecule has 0 saturated carbocycles. The van der Waals surface area contributed by atoms with E-state index in [-0.39, 0.29) is 5.56 Å². The van der Waals surface area contributed by atoms with Crippen LogP contribution in [0.4, 0.5) is 0 Å². The number of imide groups is 1. The predicted molar refractivity (Wildman–Crippen MR) is 64.2 cm³/mol. The van der Waals surface area contributed by atoms with Gasteiger partial charge in [-0.25, -0.2) is 0 Å². The van der Waals surface area contributed by atoms with Crippen molar-refractivity contribution in [2.75, 3.05) is 21.3 Å². The van der Waals surface area contributed by atoms with E-state index in [0.717, 1.165) is 0 Å². The molecule has 1 aromatic rings. The van der Waals surface area contributed by atoms with Gasteiger partial charge in [-0.05, 0) is 12.1 Å². The molecule has 0 heterocycles. The van der Waals surface area contributed by atoms with Crippen molar-refractivity contribution in [3.8, 4) is 17.2 Å². The van der Waals surface area contributed by atoms with Crippen molar-refractivity contribution in [1.29, 1.82) is 0 Å². The lowest BCUT2D eigenvalue weighted by Gasteiger charge is -2.13. The predicted octanol–water partition coefficient (Wildman–Crippen LogP) is 0.989. The molecule has 1 rings (SSSR count). The van der Waals surface area contributed by atoms with E-state index < -0.39 is 11.8 Å². The second kappa shape index (κ2) is 5.90. The lowest BCUT2D eigenvalue weighted by molar-refractivity contribution is -0.118. The molecular weight excluding hydrogens is 238 g/mol. The second-order valence-corrected chi connectivity index (χ2v) is 3.42. The highest BCUT2D eigenvalue weighted by molar-refractivity contribution is 6.04. The number of nitrogens with one attached hydrogen (secondary N) is 1. The number of carbonyl (C=O) groups is 2. The third-order valence-corrected chi connectivity index (χ3v) is 2.22. The molecule has 0 fully saturated rings. The fraction of sp³-hybridized carbons (Fsp3) is 0.333. The van der Waals surface area contributed by atoms with Crippen LogP contribution in [-0.2, 0) is 4.79 Å². The minimum atomic E-state index is -0.526. The van der Waals surface area contributed by atoms with Crippen LogP contribution in [0.1, 0.15) is 17.3 Å². The fourth-order valence-corrected chi connectivity index (χ4v) is 1.44. The maximum absolute atomic E-state index is 11.7. The molecule has 0 unspecified atom stereocenters. The van der Waals surface area contributed by atoms with Crippen LogP contribution in [0.3, 0.4) is 0 Å². The van der Waals surface area contributed by atoms with Gasteiger partial charge in [0, 0.05) is 12.5 Å². The number of carbonyl (C=O) groups excluding carboxylic acids is 2. The van der Waals surface area contributed by atoms with Gasteiger partial charge in [0.25, 0.3) is 5.91 Å². The van der Waals surface area contributed by atoms with Gasteiger partial charge in [-0.3, -0.25) is 14.9 Å². The molecule has 98 valence electrons. The fourth-order valence-electron chi connectivity index (χ4n) is 1.44. The molecule has 0 radical (unpaired) electrons. The smallest absolute Gasteiger partial charge is 0.258 e. The number of ether oxygens (including phenoxy) is 3. The molecule has 6 nitrogen and oxygen atoms in total. The minimum absolute atomic E-state index is 0.250. The summed E-state index contributed by atoms with van der Waals surface area (Å²) in [6, 6.07) is 2.94. The monoisotopic (exact) mass is 253 g/mol. The largest absolute Gasteiger partial charge is 0.493 e. The summed E-state index contributed by atoms with van der Waals surface area (Å²) in [7, 11) is 4.36. The molecule has 1 N–H and O–H groups in total. The molecule has 2 amide bonds. The van der Waals surface area contributed by atoms with Gasteiger partial charge in [-0.1, -0.05) is 0 Å². The average molecular weight is 253 g/mol. The van der Waals surface area contributed by atoms with Gasteiger partial charge in [-0.2, -0.15) is 0 Å². The highest BCUT2D eigenvalue weighted by atomic mass is 16.5. The third kappa shape index (κ3) is 2.91. The first kappa shape index (κ1) is 13.8. The Morgan fingerprint density at radius 1 is 1.00 bits per heavy atom. The molecule has 0 aliphatic rings. The van der Waals surface area contributed by atoms with Crippen LogP contribution in [0, 0.1) is 0 Å². The standard InChI is InChI=1S/C12H15NO5/c1-7(14)13-12(15)8-5-9(16-2)11(18-4)10(6-8)17-3/h5-6H,1-4H3,(H,13,14,15). The summed E-state index contributed by atoms with van der Waals surface area (Å²) in [5, 5.41) is 2.17. The van der Waals surface area contributed by atoms with Gasteiger partial charge in [0.15, 0.2) is 11.5 Å². The zero-order chi connectivity index (χ0) is 13.7. The van der Waals surface area contributed by atoms with Crippen molar-refractivity contribution in [2.45, 2.75) is 6.92 Å². The highest BCUT2D eigenvalue weighted by Gasteiger charge is 2.17. The van der Waals surface area contributed by atoms with Crippen LogP contribution in [0.25, 0.3) is 0 Å². The highest BCUT2D eigenvalue weighted by Crippen LogP contribution is 2.38. The molecule has 18 heavy (non-hydrogen) atoms. The van der Waals surface area contributed by atoms with E-state index in [2.05, 4.69) is 5.32 Å². The average Bonchev–Trinajstić information content (AvgIpc) is 2.35. The molecule has 0 spiro atoms. The van der Waals surface area contributed by atoms with E-state index in [1.807, 2.05) is 0 Å². The van der Waals surface area contributed by atoms with Crippen molar-refractivity contribution in [3.63, 3.8) is 0 Å². The van der Waals surface area contributed by atoms with Crippen LogP contribution in [-0.4, -0.2) is 33.1 Å². The second-order valence-electron chi connectivity index (χ2n) is 3.42. The number of hydrogen-bond acceptors (Lipinski definition) is 5. The van der Waals surface area contributed by atoms with Crippen molar-refractivity contribution >= 4 is 11.8 Å². The molecule has 0 aromatic heterocycles. The number of hydrogen-bond donors (Lipinski definition) is 1. The Kier molecular flexibility index (Phi) is 4.53. The lowest BCUT2D eigenvalue weighted by Crippen LogP contribution is -2.27. The third-order valence-electron chi connectivity index (χ3n) is 2.22. The van der Waals surface area contributed by atoms with Crippen LogP contribution >= 0.6 is 0 Å². The van der Waals surface area contributed by atoms with E-state index in [0.29, 0.717) is 17.2 Å². The maximum atomic E-state index is 11.7. The van der Waals surface area contributed by atoms with Crippen LogP contribution in [0.5, 0.6) is 17.2 Å². The Morgan fingerprint density at radius 2 is 1.50 bits per heavy atom. The number of amides is 2. The lowest BCUT2D eigenvalue weighted by atomic mass is 10.1. The zero-order valence-electron chi connectivity index (χ0n) is 10.7. The molecule has 0 aliphatic carbocycles. The van der Waals surface area contributed by atoms with Gasteiger partial charge in [-0.15, -0.1) is 0 Å². The molecule has 1 aromatic carbocycles. The van der Waals surface area contributed by atoms with Crippen LogP contribution < -0.4 is 19.5 Å². The Bertz CT molecular complexity index is 445. The number of benzene rings is 1. The normalized spacial score (nSPS) is 9.56. The van der Waals surface area contributed by atoms with Gasteiger partial charge in [0.1, 0.15) is 0 Å². The first-order valence-electron chi connectivity index (χ1n) is 5.15. The minimum Gasteiger partial charge on any atom is -0.493 e. The summed E-state index contributed by atoms with van der Waals surface area (Å²) in [4.78, 5) is 22.5. The first-order valence-corrected chi connectivity index (χ1v) is 5.15. The summed E-state index contributed by atoms with van der Waals surface area (Å²) in [5.41, 5.74) is 0.250. The van der Waals surface area contributed by atoms with Crippen molar-refractivity contribution in [1.82, 2.24) is 5.32 Å². The van der Waals surface area contributed by atoms with E-state index in [4.69, 9.17) is 14.2 Å². The summed E-state index contributed by atoms with van der Waals surface area (Å²) in [5.74, 6) is 0.131. The van der Waals surface area contributed by atoms with Crippen molar-refractivity contribution in [3.05, 3.63) is 17.7 Å². The molecule has 0 saturated heterocycles. The maximum Gasteiger partial charge on any atom is 0.258 e. The Labute approximate surface area is 105 Å². The number of methoxy groups -OCH3 is 3. The quantitative estimate of drug-likeness (QED) is 0.866. The van der Waals surface area contributed by atoms with E-state index >= 15 is 0 Å². The summed E-state index contributed by atoms with van der Waals surface area (Å²) >= 11 is 0. The van der Waals surface area contributed by atoms with Crippen LogP contribution in [0.15, 0.2) is 12.1 Å². The van der Waals surface area contributed by atoms with E-state index in [1.54, 1.807) is 0 Å². The van der Waals surface area contributed by atoms with E-state index in [1.165, 1.54) is 40.4 Å². The first-order chi connectivity index (χ1) is 8.53. The Balaban J connectivity index is 3.22. The molecule has 6 heteroatoms. The van der Waals surface area contributed by atoms with Crippen molar-refractivity contribution in [2.24, 2.45) is 0 Å². The Morgan fingerprint density at radius 3 is 1.83 bits per heavy atom. The zero-order valence-corrected chi connectivity index (χ0v) is 10.7. The molecule has 0 aliphatic heterocycles. The SMILES string of the molecule is COc1cc(C(=O)NC(C)=O)cc(OC)c1OC. The topological polar surface area (TPSA) is 73.9 Å². The van der Waals surface area contributed by atoms with Gasteiger partial charge in [0.2, 0.25) is 11.7 Å². The molecule has 0 bridgehead atoms. The van der Waals surface area contributed by atoms with E-state index in [9.17, 15) is 9.59 Å². The summed E-state index contributed by atoms with van der Waals surface area (Å²) in [6.07, 6.45) is 0. The number of rotatable bonds is 4. The molecular formula is C12H15NO5. The summed E-state index contributed by atoms with van der Waals surface area (Å²) < 4.78 is 15.3. The van der Waals surface area contributed by atoms with Gasteiger partial charge in [0.05, 0.1) is 21.3 Å². The Hall–Kier alpha value is -2.24. The molecule has 0 atom stereocenters. The van der Waals surface area contributed by atoms with Gasteiger partial charge < -0.3 is 14.2 Å². The van der Waals surface area contributed by atoms with Crippen molar-refractivity contribution < 1.29 is 23.8 Å². The van der Waals surface area contributed by atoms with Crippen LogP contribution in [0.2, 0.25) is 0 Å².